The second kappa shape index (κ2) is 10.6. The molecule has 1 fully saturated rings. The zero-order valence-corrected chi connectivity index (χ0v) is 19.5. The lowest BCUT2D eigenvalue weighted by Gasteiger charge is -2.29. The van der Waals surface area contributed by atoms with Crippen molar-refractivity contribution in [1.29, 1.82) is 0 Å². The lowest BCUT2D eigenvalue weighted by atomic mass is 9.86. The lowest BCUT2D eigenvalue weighted by Crippen LogP contribution is -2.34. The molecular formula is C26H35N5O. The van der Waals surface area contributed by atoms with Crippen LogP contribution in [0, 0.1) is 5.92 Å². The summed E-state index contributed by atoms with van der Waals surface area (Å²) in [5.74, 6) is 3.33. The van der Waals surface area contributed by atoms with E-state index >= 15 is 0 Å². The molecule has 6 heteroatoms. The van der Waals surface area contributed by atoms with Gasteiger partial charge in [0.15, 0.2) is 0 Å². The molecule has 3 aromatic rings. The van der Waals surface area contributed by atoms with E-state index in [0.29, 0.717) is 18.6 Å². The largest absolute Gasteiger partial charge is 0.494 e. The third-order valence-corrected chi connectivity index (χ3v) is 6.26. The Morgan fingerprint density at radius 2 is 1.72 bits per heavy atom. The molecule has 1 aliphatic rings. The van der Waals surface area contributed by atoms with E-state index in [4.69, 9.17) is 14.7 Å². The van der Waals surface area contributed by atoms with Crippen molar-refractivity contribution in [3.05, 3.63) is 54.1 Å². The number of ether oxygens (including phenoxy) is 1. The molecule has 0 atom stereocenters. The van der Waals surface area contributed by atoms with Crippen molar-refractivity contribution < 1.29 is 4.74 Å². The highest BCUT2D eigenvalue weighted by molar-refractivity contribution is 5.90. The van der Waals surface area contributed by atoms with Gasteiger partial charge in [-0.05, 0) is 56.7 Å². The first-order chi connectivity index (χ1) is 15.6. The first-order valence-corrected chi connectivity index (χ1v) is 11.8. The van der Waals surface area contributed by atoms with E-state index in [-0.39, 0.29) is 0 Å². The Morgan fingerprint density at radius 1 is 0.969 bits per heavy atom. The SMILES string of the molecule is CCOc1ccccc1CN[C@H]1CC[C@@H](CNc2nc(N(C)C)c3ccccc3n2)CC1. The van der Waals surface area contributed by atoms with Gasteiger partial charge in [-0.15, -0.1) is 0 Å². The number of nitrogens with zero attached hydrogens (tertiary/aromatic N) is 3. The van der Waals surface area contributed by atoms with Crippen LogP contribution in [0.5, 0.6) is 5.75 Å². The van der Waals surface area contributed by atoms with Crippen LogP contribution in [-0.4, -0.2) is 43.3 Å². The van der Waals surface area contributed by atoms with Gasteiger partial charge in [-0.3, -0.25) is 0 Å². The molecule has 1 aromatic heterocycles. The third-order valence-electron chi connectivity index (χ3n) is 6.26. The summed E-state index contributed by atoms with van der Waals surface area (Å²) in [6.45, 7) is 4.52. The van der Waals surface area contributed by atoms with Gasteiger partial charge >= 0.3 is 0 Å². The fourth-order valence-electron chi connectivity index (χ4n) is 4.49. The van der Waals surface area contributed by atoms with Crippen LogP contribution in [0.15, 0.2) is 48.5 Å². The number of aromatic nitrogens is 2. The molecule has 0 unspecified atom stereocenters. The van der Waals surface area contributed by atoms with Gasteiger partial charge in [-0.25, -0.2) is 4.98 Å². The van der Waals surface area contributed by atoms with Gasteiger partial charge in [0.1, 0.15) is 11.6 Å². The first-order valence-electron chi connectivity index (χ1n) is 11.8. The molecule has 4 rings (SSSR count). The molecule has 0 amide bonds. The summed E-state index contributed by atoms with van der Waals surface area (Å²) in [6, 6.07) is 17.1. The monoisotopic (exact) mass is 433 g/mol. The molecule has 0 saturated heterocycles. The second-order valence-electron chi connectivity index (χ2n) is 8.80. The van der Waals surface area contributed by atoms with Crippen LogP contribution < -0.4 is 20.3 Å². The Labute approximate surface area is 191 Å². The van der Waals surface area contributed by atoms with Gasteiger partial charge in [0.05, 0.1) is 12.1 Å². The molecule has 1 saturated carbocycles. The minimum Gasteiger partial charge on any atom is -0.494 e. The minimum atomic E-state index is 0.568. The highest BCUT2D eigenvalue weighted by atomic mass is 16.5. The van der Waals surface area contributed by atoms with Gasteiger partial charge in [0.25, 0.3) is 0 Å². The van der Waals surface area contributed by atoms with Crippen LogP contribution in [0.4, 0.5) is 11.8 Å². The molecular weight excluding hydrogens is 398 g/mol. The summed E-state index contributed by atoms with van der Waals surface area (Å²) >= 11 is 0. The van der Waals surface area contributed by atoms with Crippen LogP contribution in [0.25, 0.3) is 10.9 Å². The van der Waals surface area contributed by atoms with Crippen LogP contribution in [-0.2, 0) is 6.54 Å². The highest BCUT2D eigenvalue weighted by Gasteiger charge is 2.21. The van der Waals surface area contributed by atoms with Crippen molar-refractivity contribution in [2.45, 2.75) is 45.2 Å². The molecule has 1 aliphatic carbocycles. The fraction of sp³-hybridized carbons (Fsp3) is 0.462. The highest BCUT2D eigenvalue weighted by Crippen LogP contribution is 2.27. The number of fused-ring (bicyclic) bond motifs is 1. The second-order valence-corrected chi connectivity index (χ2v) is 8.80. The van der Waals surface area contributed by atoms with E-state index in [1.807, 2.05) is 39.2 Å². The molecule has 0 radical (unpaired) electrons. The maximum absolute atomic E-state index is 5.75. The molecule has 1 heterocycles. The molecule has 2 aromatic carbocycles. The number of nitrogens with one attached hydrogen (secondary N) is 2. The summed E-state index contributed by atoms with van der Waals surface area (Å²) in [7, 11) is 4.05. The van der Waals surface area contributed by atoms with Crippen molar-refractivity contribution >= 4 is 22.7 Å². The maximum atomic E-state index is 5.75. The molecule has 0 bridgehead atoms. The Kier molecular flexibility index (Phi) is 7.43. The quantitative estimate of drug-likeness (QED) is 0.503. The average Bonchev–Trinajstić information content (AvgIpc) is 2.82. The Hall–Kier alpha value is -2.86. The zero-order chi connectivity index (χ0) is 22.3. The molecule has 170 valence electrons. The van der Waals surface area contributed by atoms with E-state index in [9.17, 15) is 0 Å². The summed E-state index contributed by atoms with van der Waals surface area (Å²) in [6.07, 6.45) is 4.83. The lowest BCUT2D eigenvalue weighted by molar-refractivity contribution is 0.296. The van der Waals surface area contributed by atoms with E-state index in [1.165, 1.54) is 31.2 Å². The third kappa shape index (κ3) is 5.49. The predicted octanol–water partition coefficient (Wildman–Crippen LogP) is 4.86. The van der Waals surface area contributed by atoms with Crippen LogP contribution in [0.2, 0.25) is 0 Å². The maximum Gasteiger partial charge on any atom is 0.225 e. The Morgan fingerprint density at radius 3 is 2.50 bits per heavy atom. The van der Waals surface area contributed by atoms with Crippen molar-refractivity contribution in [3.8, 4) is 5.75 Å². The van der Waals surface area contributed by atoms with Crippen molar-refractivity contribution in [2.24, 2.45) is 5.92 Å². The van der Waals surface area contributed by atoms with Gasteiger partial charge in [-0.1, -0.05) is 30.3 Å². The van der Waals surface area contributed by atoms with Crippen molar-refractivity contribution in [3.63, 3.8) is 0 Å². The van der Waals surface area contributed by atoms with E-state index in [2.05, 4.69) is 45.9 Å². The molecule has 0 aliphatic heterocycles. The number of anilines is 2. The molecule has 6 nitrogen and oxygen atoms in total. The molecule has 2 N–H and O–H groups in total. The van der Waals surface area contributed by atoms with E-state index in [1.54, 1.807) is 0 Å². The van der Waals surface area contributed by atoms with Crippen molar-refractivity contribution in [1.82, 2.24) is 15.3 Å². The molecule has 0 spiro atoms. The number of hydrogen-bond donors (Lipinski definition) is 2. The number of hydrogen-bond acceptors (Lipinski definition) is 6. The molecule has 32 heavy (non-hydrogen) atoms. The van der Waals surface area contributed by atoms with Crippen LogP contribution >= 0.6 is 0 Å². The first kappa shape index (κ1) is 22.3. The topological polar surface area (TPSA) is 62.3 Å². The Balaban J connectivity index is 1.28. The zero-order valence-electron chi connectivity index (χ0n) is 19.5. The van der Waals surface area contributed by atoms with E-state index in [0.717, 1.165) is 41.5 Å². The Bertz CT molecular complexity index is 1010. The van der Waals surface area contributed by atoms with Crippen LogP contribution in [0.1, 0.15) is 38.2 Å². The summed E-state index contributed by atoms with van der Waals surface area (Å²) in [5, 5.41) is 8.33. The van der Waals surface area contributed by atoms with Gasteiger partial charge < -0.3 is 20.3 Å². The van der Waals surface area contributed by atoms with Crippen molar-refractivity contribution in [2.75, 3.05) is 37.5 Å². The fourth-order valence-corrected chi connectivity index (χ4v) is 4.49. The average molecular weight is 434 g/mol. The number of para-hydroxylation sites is 2. The van der Waals surface area contributed by atoms with Gasteiger partial charge in [0, 0.05) is 44.2 Å². The van der Waals surface area contributed by atoms with Crippen LogP contribution in [0.3, 0.4) is 0 Å². The number of benzene rings is 2. The standard InChI is InChI=1S/C26H35N5O/c1-4-32-24-12-8-5-9-20(24)18-27-21-15-13-19(14-16-21)17-28-26-29-23-11-7-6-10-22(23)25(30-26)31(2)3/h5-12,19,21,27H,4,13-18H2,1-3H3,(H,28,29,30)/t19-,21+. The normalized spacial score (nSPS) is 18.5. The smallest absolute Gasteiger partial charge is 0.225 e. The minimum absolute atomic E-state index is 0.568. The summed E-state index contributed by atoms with van der Waals surface area (Å²) in [5.41, 5.74) is 2.22. The number of rotatable bonds is 9. The van der Waals surface area contributed by atoms with E-state index < -0.39 is 0 Å². The summed E-state index contributed by atoms with van der Waals surface area (Å²) < 4.78 is 5.75. The van der Waals surface area contributed by atoms with Gasteiger partial charge in [0.2, 0.25) is 5.95 Å². The predicted molar refractivity (Wildman–Crippen MR) is 133 cm³/mol. The van der Waals surface area contributed by atoms with Gasteiger partial charge in [-0.2, -0.15) is 4.98 Å². The summed E-state index contributed by atoms with van der Waals surface area (Å²) in [4.78, 5) is 11.5.